The predicted molar refractivity (Wildman–Crippen MR) is 106 cm³/mol. The molecule has 0 aliphatic rings. The standard InChI is InChI=1S/C20H23N3O2S/c1-13(2)11-17-20(21-18(24)12-16-5-4-10-26-16)19(23-22-17)14-6-8-15(25-3)9-7-14/h4-10,13H,11-12H2,1-3H3,(H,21,24)(H,22,23). The van der Waals surface area contributed by atoms with Gasteiger partial charge in [-0.15, -0.1) is 11.3 Å². The summed E-state index contributed by atoms with van der Waals surface area (Å²) in [6.07, 6.45) is 1.18. The van der Waals surface area contributed by atoms with Crippen LogP contribution in [-0.2, 0) is 17.6 Å². The first kappa shape index (κ1) is 18.2. The van der Waals surface area contributed by atoms with Crippen molar-refractivity contribution in [3.05, 3.63) is 52.3 Å². The Hall–Kier alpha value is -2.60. The molecule has 0 bridgehead atoms. The largest absolute Gasteiger partial charge is 0.497 e. The molecule has 0 aliphatic carbocycles. The Morgan fingerprint density at radius 1 is 1.27 bits per heavy atom. The van der Waals surface area contributed by atoms with Crippen LogP contribution in [0.15, 0.2) is 41.8 Å². The topological polar surface area (TPSA) is 67.0 Å². The second kappa shape index (κ2) is 8.19. The second-order valence-electron chi connectivity index (χ2n) is 6.56. The minimum atomic E-state index is -0.0337. The number of anilines is 1. The van der Waals surface area contributed by atoms with Crippen LogP contribution in [-0.4, -0.2) is 23.2 Å². The molecule has 2 heterocycles. The van der Waals surface area contributed by atoms with E-state index in [1.54, 1.807) is 18.4 Å². The van der Waals surface area contributed by atoms with Crippen LogP contribution in [0.25, 0.3) is 11.3 Å². The first-order valence-corrected chi connectivity index (χ1v) is 9.48. The van der Waals surface area contributed by atoms with Gasteiger partial charge in [0.05, 0.1) is 24.9 Å². The Bertz CT molecular complexity index is 852. The molecule has 1 amide bonds. The molecule has 3 aromatic rings. The van der Waals surface area contributed by atoms with E-state index in [2.05, 4.69) is 29.4 Å². The van der Waals surface area contributed by atoms with Gasteiger partial charge in [0, 0.05) is 10.4 Å². The molecule has 1 aromatic carbocycles. The quantitative estimate of drug-likeness (QED) is 0.643. The number of carbonyl (C=O) groups is 1. The minimum absolute atomic E-state index is 0.0337. The fraction of sp³-hybridized carbons (Fsp3) is 0.300. The van der Waals surface area contributed by atoms with Crippen LogP contribution in [0.1, 0.15) is 24.4 Å². The van der Waals surface area contributed by atoms with E-state index in [0.29, 0.717) is 12.3 Å². The molecule has 136 valence electrons. The predicted octanol–water partition coefficient (Wildman–Crippen LogP) is 4.53. The van der Waals surface area contributed by atoms with Crippen molar-refractivity contribution in [3.63, 3.8) is 0 Å². The lowest BCUT2D eigenvalue weighted by atomic mass is 10.0. The van der Waals surface area contributed by atoms with Crippen molar-refractivity contribution in [2.45, 2.75) is 26.7 Å². The summed E-state index contributed by atoms with van der Waals surface area (Å²) < 4.78 is 5.22. The Balaban J connectivity index is 1.88. The van der Waals surface area contributed by atoms with E-state index < -0.39 is 0 Å². The Labute approximate surface area is 157 Å². The number of aromatic amines is 1. The smallest absolute Gasteiger partial charge is 0.229 e. The van der Waals surface area contributed by atoms with Gasteiger partial charge < -0.3 is 10.1 Å². The van der Waals surface area contributed by atoms with Crippen LogP contribution < -0.4 is 10.1 Å². The number of amides is 1. The summed E-state index contributed by atoms with van der Waals surface area (Å²) in [6, 6.07) is 11.6. The van der Waals surface area contributed by atoms with Crippen LogP contribution in [0.3, 0.4) is 0 Å². The summed E-state index contributed by atoms with van der Waals surface area (Å²) in [5.74, 6) is 1.20. The normalized spacial score (nSPS) is 10.9. The van der Waals surface area contributed by atoms with Gasteiger partial charge in [-0.25, -0.2) is 0 Å². The third-order valence-corrected chi connectivity index (χ3v) is 4.87. The number of hydrogen-bond acceptors (Lipinski definition) is 4. The van der Waals surface area contributed by atoms with Crippen LogP contribution in [0.2, 0.25) is 0 Å². The van der Waals surface area contributed by atoms with Gasteiger partial charge in [0.2, 0.25) is 5.91 Å². The zero-order chi connectivity index (χ0) is 18.5. The van der Waals surface area contributed by atoms with E-state index in [9.17, 15) is 4.79 Å². The summed E-state index contributed by atoms with van der Waals surface area (Å²) >= 11 is 1.59. The molecule has 2 aromatic heterocycles. The maximum absolute atomic E-state index is 12.5. The van der Waals surface area contributed by atoms with Crippen molar-refractivity contribution >= 4 is 22.9 Å². The number of methoxy groups -OCH3 is 1. The summed E-state index contributed by atoms with van der Waals surface area (Å²) in [6.45, 7) is 4.29. The van der Waals surface area contributed by atoms with Crippen LogP contribution in [0.5, 0.6) is 5.75 Å². The molecule has 0 aliphatic heterocycles. The van der Waals surface area contributed by atoms with Gasteiger partial charge in [-0.3, -0.25) is 9.89 Å². The first-order chi connectivity index (χ1) is 12.6. The number of nitrogens with zero attached hydrogens (tertiary/aromatic N) is 1. The zero-order valence-corrected chi connectivity index (χ0v) is 16.0. The van der Waals surface area contributed by atoms with E-state index >= 15 is 0 Å². The summed E-state index contributed by atoms with van der Waals surface area (Å²) in [5, 5.41) is 12.6. The Morgan fingerprint density at radius 3 is 2.65 bits per heavy atom. The number of carbonyl (C=O) groups excluding carboxylic acids is 1. The number of nitrogens with one attached hydrogen (secondary N) is 2. The molecule has 26 heavy (non-hydrogen) atoms. The third kappa shape index (κ3) is 4.32. The number of ether oxygens (including phenoxy) is 1. The van der Waals surface area contributed by atoms with Crippen LogP contribution in [0, 0.1) is 5.92 Å². The molecule has 0 radical (unpaired) electrons. The lowest BCUT2D eigenvalue weighted by Crippen LogP contribution is -2.15. The van der Waals surface area contributed by atoms with Gasteiger partial charge in [-0.2, -0.15) is 5.10 Å². The molecular weight excluding hydrogens is 346 g/mol. The third-order valence-electron chi connectivity index (χ3n) is 4.00. The van der Waals surface area contributed by atoms with E-state index in [1.165, 1.54) is 0 Å². The van der Waals surface area contributed by atoms with Crippen LogP contribution in [0.4, 0.5) is 5.69 Å². The van der Waals surface area contributed by atoms with Crippen molar-refractivity contribution < 1.29 is 9.53 Å². The van der Waals surface area contributed by atoms with E-state index in [1.807, 2.05) is 41.8 Å². The van der Waals surface area contributed by atoms with Gasteiger partial charge >= 0.3 is 0 Å². The maximum atomic E-state index is 12.5. The van der Waals surface area contributed by atoms with Crippen molar-refractivity contribution in [1.29, 1.82) is 0 Å². The number of aromatic nitrogens is 2. The van der Waals surface area contributed by atoms with Crippen molar-refractivity contribution in [3.8, 4) is 17.0 Å². The number of rotatable bonds is 7. The first-order valence-electron chi connectivity index (χ1n) is 8.60. The number of thiophene rings is 1. The van der Waals surface area contributed by atoms with Crippen LogP contribution >= 0.6 is 11.3 Å². The average molecular weight is 369 g/mol. The Morgan fingerprint density at radius 2 is 2.04 bits per heavy atom. The Kier molecular flexibility index (Phi) is 5.73. The van der Waals surface area contributed by atoms with E-state index in [-0.39, 0.29) is 5.91 Å². The molecule has 3 rings (SSSR count). The lowest BCUT2D eigenvalue weighted by molar-refractivity contribution is -0.115. The number of H-pyrrole nitrogens is 1. The van der Waals surface area contributed by atoms with Gasteiger partial charge in [0.15, 0.2) is 0 Å². The molecule has 0 fully saturated rings. The fourth-order valence-corrected chi connectivity index (χ4v) is 3.48. The SMILES string of the molecule is COc1ccc(-c2n[nH]c(CC(C)C)c2NC(=O)Cc2cccs2)cc1. The lowest BCUT2D eigenvalue weighted by Gasteiger charge is -2.10. The molecule has 0 saturated carbocycles. The summed E-state index contributed by atoms with van der Waals surface area (Å²) in [4.78, 5) is 13.6. The molecule has 5 nitrogen and oxygen atoms in total. The van der Waals surface area contributed by atoms with Gasteiger partial charge in [-0.1, -0.05) is 19.9 Å². The van der Waals surface area contributed by atoms with Crippen molar-refractivity contribution in [2.24, 2.45) is 5.92 Å². The highest BCUT2D eigenvalue weighted by atomic mass is 32.1. The second-order valence-corrected chi connectivity index (χ2v) is 7.59. The molecule has 2 N–H and O–H groups in total. The van der Waals surface area contributed by atoms with E-state index in [0.717, 1.165) is 39.7 Å². The molecule has 0 atom stereocenters. The molecule has 0 saturated heterocycles. The maximum Gasteiger partial charge on any atom is 0.229 e. The molecular formula is C20H23N3O2S. The molecule has 6 heteroatoms. The number of benzene rings is 1. The zero-order valence-electron chi connectivity index (χ0n) is 15.2. The van der Waals surface area contributed by atoms with Crippen molar-refractivity contribution in [2.75, 3.05) is 12.4 Å². The minimum Gasteiger partial charge on any atom is -0.497 e. The summed E-state index contributed by atoms with van der Waals surface area (Å²) in [7, 11) is 1.64. The highest BCUT2D eigenvalue weighted by molar-refractivity contribution is 7.10. The highest BCUT2D eigenvalue weighted by Gasteiger charge is 2.18. The van der Waals surface area contributed by atoms with Crippen molar-refractivity contribution in [1.82, 2.24) is 10.2 Å². The molecule has 0 unspecified atom stereocenters. The monoisotopic (exact) mass is 369 g/mol. The van der Waals surface area contributed by atoms with E-state index in [4.69, 9.17) is 4.74 Å². The number of hydrogen-bond donors (Lipinski definition) is 2. The van der Waals surface area contributed by atoms with Gasteiger partial charge in [0.1, 0.15) is 11.4 Å². The summed E-state index contributed by atoms with van der Waals surface area (Å²) in [5.41, 5.74) is 3.40. The average Bonchev–Trinajstić information content (AvgIpc) is 3.25. The fourth-order valence-electron chi connectivity index (χ4n) is 2.78. The van der Waals surface area contributed by atoms with Gasteiger partial charge in [0.25, 0.3) is 0 Å². The highest BCUT2D eigenvalue weighted by Crippen LogP contribution is 2.31. The van der Waals surface area contributed by atoms with Gasteiger partial charge in [-0.05, 0) is 48.1 Å². The molecule has 0 spiro atoms.